The van der Waals surface area contributed by atoms with Crippen molar-refractivity contribution in [3.8, 4) is 0 Å². The van der Waals surface area contributed by atoms with Gasteiger partial charge in [-0.15, -0.1) is 12.4 Å². The second kappa shape index (κ2) is 13.2. The molecule has 2 amide bonds. The Bertz CT molecular complexity index is 1120. The zero-order chi connectivity index (χ0) is 26.1. The van der Waals surface area contributed by atoms with E-state index in [9.17, 15) is 50.0 Å². The van der Waals surface area contributed by atoms with Crippen molar-refractivity contribution in [2.45, 2.75) is 0 Å². The molecule has 3 N–H and O–H groups in total. The number of carbonyl (C=O) groups is 2. The Hall–Kier alpha value is -4.77. The second-order valence-corrected chi connectivity index (χ2v) is 6.69. The fourth-order valence-corrected chi connectivity index (χ4v) is 2.80. The number of nitro groups is 4. The van der Waals surface area contributed by atoms with E-state index in [0.717, 1.165) is 24.3 Å². The fraction of sp³-hybridized carbons (Fsp3) is 0.222. The van der Waals surface area contributed by atoms with Crippen LogP contribution in [-0.4, -0.2) is 57.7 Å². The summed E-state index contributed by atoms with van der Waals surface area (Å²) in [7, 11) is 0. The highest BCUT2D eigenvalue weighted by atomic mass is 35.5. The summed E-state index contributed by atoms with van der Waals surface area (Å²) in [5.74, 6) is -1.63. The molecular weight excluding hydrogens is 510 g/mol. The van der Waals surface area contributed by atoms with E-state index < -0.39 is 54.3 Å². The van der Waals surface area contributed by atoms with E-state index in [1.807, 2.05) is 0 Å². The van der Waals surface area contributed by atoms with E-state index in [-0.39, 0.29) is 49.7 Å². The van der Waals surface area contributed by atoms with Crippen LogP contribution < -0.4 is 16.0 Å². The quantitative estimate of drug-likeness (QED) is 0.202. The zero-order valence-corrected chi connectivity index (χ0v) is 18.9. The van der Waals surface area contributed by atoms with Gasteiger partial charge in [-0.05, 0) is 12.1 Å². The molecule has 0 spiro atoms. The number of nitrogens with one attached hydrogen (secondary N) is 3. The van der Waals surface area contributed by atoms with Crippen LogP contribution >= 0.6 is 12.4 Å². The van der Waals surface area contributed by atoms with E-state index in [0.29, 0.717) is 12.1 Å². The maximum atomic E-state index is 12.2. The number of amides is 2. The summed E-state index contributed by atoms with van der Waals surface area (Å²) in [6.45, 7) is 0.406. The van der Waals surface area contributed by atoms with E-state index in [4.69, 9.17) is 0 Å². The Morgan fingerprint density at radius 1 is 0.611 bits per heavy atom. The van der Waals surface area contributed by atoms with Gasteiger partial charge in [-0.3, -0.25) is 50.0 Å². The number of hydrogen-bond acceptors (Lipinski definition) is 11. The third-order valence-corrected chi connectivity index (χ3v) is 4.44. The van der Waals surface area contributed by atoms with E-state index >= 15 is 0 Å². The number of nitrogens with zero attached hydrogens (tertiary/aromatic N) is 4. The number of nitro benzene ring substituents is 4. The minimum Gasteiger partial charge on any atom is -0.351 e. The van der Waals surface area contributed by atoms with Gasteiger partial charge in [-0.2, -0.15) is 0 Å². The Balaban J connectivity index is 0.00000648. The minimum atomic E-state index is -0.905. The van der Waals surface area contributed by atoms with Crippen LogP contribution in [0.2, 0.25) is 0 Å². The van der Waals surface area contributed by atoms with Gasteiger partial charge >= 0.3 is 0 Å². The number of rotatable bonds is 12. The largest absolute Gasteiger partial charge is 0.351 e. The first-order chi connectivity index (χ1) is 16.5. The SMILES string of the molecule is Cl.O=C(NCCNCCNC(=O)c1ccc([N+](=O)[O-])cc1[N+](=O)[O-])c1ccc([N+](=O)[O-])cc1[N+](=O)[O-]. The molecule has 0 aliphatic rings. The van der Waals surface area contributed by atoms with Crippen molar-refractivity contribution in [2.24, 2.45) is 0 Å². The van der Waals surface area contributed by atoms with E-state index in [1.165, 1.54) is 0 Å². The molecule has 0 saturated carbocycles. The van der Waals surface area contributed by atoms with Gasteiger partial charge in [-0.1, -0.05) is 0 Å². The summed E-state index contributed by atoms with van der Waals surface area (Å²) in [5, 5.41) is 51.4. The van der Waals surface area contributed by atoms with Crippen LogP contribution in [0.15, 0.2) is 36.4 Å². The molecule has 0 saturated heterocycles. The Labute approximate surface area is 206 Å². The molecule has 0 unspecified atom stereocenters. The molecule has 0 radical (unpaired) electrons. The van der Waals surface area contributed by atoms with Gasteiger partial charge in [0.05, 0.1) is 31.8 Å². The molecule has 192 valence electrons. The highest BCUT2D eigenvalue weighted by molar-refractivity contribution is 5.99. The summed E-state index contributed by atoms with van der Waals surface area (Å²) in [5.41, 5.74) is -3.19. The van der Waals surface area contributed by atoms with Crippen LogP contribution in [0.5, 0.6) is 0 Å². The van der Waals surface area contributed by atoms with Crippen molar-refractivity contribution in [1.29, 1.82) is 0 Å². The minimum absolute atomic E-state index is 0. The molecule has 0 fully saturated rings. The normalized spacial score (nSPS) is 10.0. The smallest absolute Gasteiger partial charge is 0.289 e. The van der Waals surface area contributed by atoms with Gasteiger partial charge in [0.25, 0.3) is 34.6 Å². The first-order valence-electron chi connectivity index (χ1n) is 9.65. The van der Waals surface area contributed by atoms with Gasteiger partial charge in [0.15, 0.2) is 0 Å². The molecule has 2 aromatic rings. The number of halogens is 1. The number of benzene rings is 2. The number of non-ortho nitro benzene ring substituents is 2. The summed E-state index contributed by atoms with van der Waals surface area (Å²) in [6.07, 6.45) is 0. The van der Waals surface area contributed by atoms with Crippen LogP contribution in [-0.2, 0) is 0 Å². The third-order valence-electron chi connectivity index (χ3n) is 4.44. The van der Waals surface area contributed by atoms with Crippen LogP contribution in [0.4, 0.5) is 22.7 Å². The van der Waals surface area contributed by atoms with Gasteiger partial charge in [0, 0.05) is 38.3 Å². The third kappa shape index (κ3) is 7.64. The van der Waals surface area contributed by atoms with Crippen LogP contribution in [0.3, 0.4) is 0 Å². The van der Waals surface area contributed by atoms with Crippen molar-refractivity contribution < 1.29 is 29.3 Å². The van der Waals surface area contributed by atoms with E-state index in [1.54, 1.807) is 0 Å². The molecule has 2 aromatic carbocycles. The summed E-state index contributed by atoms with van der Waals surface area (Å²) in [4.78, 5) is 64.6. The second-order valence-electron chi connectivity index (χ2n) is 6.69. The first-order valence-corrected chi connectivity index (χ1v) is 9.65. The molecule has 0 aliphatic carbocycles. The van der Waals surface area contributed by atoms with Crippen molar-refractivity contribution in [1.82, 2.24) is 16.0 Å². The standard InChI is InChI=1S/C18H17N7O10.ClH/c26-17(13-3-1-11(22(28)29)9-15(13)24(32)33)20-7-5-19-6-8-21-18(27)14-4-2-12(23(30)31)10-16(14)25(34)35;/h1-4,9-10,19H,5-8H2,(H,20,26)(H,21,27);1H. The van der Waals surface area contributed by atoms with Crippen LogP contribution in [0, 0.1) is 40.5 Å². The monoisotopic (exact) mass is 527 g/mol. The van der Waals surface area contributed by atoms with Crippen molar-refractivity contribution in [3.63, 3.8) is 0 Å². The molecule has 0 bridgehead atoms. The number of hydrogen-bond donors (Lipinski definition) is 3. The van der Waals surface area contributed by atoms with E-state index in [2.05, 4.69) is 16.0 Å². The Morgan fingerprint density at radius 2 is 0.972 bits per heavy atom. The molecule has 18 heteroatoms. The summed E-state index contributed by atoms with van der Waals surface area (Å²) in [6, 6.07) is 5.27. The molecule has 0 aromatic heterocycles. The lowest BCUT2D eigenvalue weighted by Crippen LogP contribution is -2.36. The lowest BCUT2D eigenvalue weighted by Gasteiger charge is -2.09. The van der Waals surface area contributed by atoms with Crippen molar-refractivity contribution in [2.75, 3.05) is 26.2 Å². The lowest BCUT2D eigenvalue weighted by atomic mass is 10.1. The molecule has 17 nitrogen and oxygen atoms in total. The average molecular weight is 528 g/mol. The predicted octanol–water partition coefficient (Wildman–Crippen LogP) is 1.49. The van der Waals surface area contributed by atoms with Crippen molar-refractivity contribution in [3.05, 3.63) is 88.0 Å². The molecule has 0 heterocycles. The summed E-state index contributed by atoms with van der Waals surface area (Å²) >= 11 is 0. The fourth-order valence-electron chi connectivity index (χ4n) is 2.80. The first kappa shape index (κ1) is 29.3. The Kier molecular flexibility index (Phi) is 10.7. The maximum absolute atomic E-state index is 12.2. The highest BCUT2D eigenvalue weighted by Crippen LogP contribution is 2.25. The highest BCUT2D eigenvalue weighted by Gasteiger charge is 2.25. The zero-order valence-electron chi connectivity index (χ0n) is 18.1. The van der Waals surface area contributed by atoms with Gasteiger partial charge in [-0.25, -0.2) is 0 Å². The predicted molar refractivity (Wildman–Crippen MR) is 124 cm³/mol. The lowest BCUT2D eigenvalue weighted by molar-refractivity contribution is -0.394. The molecule has 36 heavy (non-hydrogen) atoms. The van der Waals surface area contributed by atoms with Gasteiger partial charge in [0.2, 0.25) is 0 Å². The molecular formula is C18H18ClN7O10. The average Bonchev–Trinajstić information content (AvgIpc) is 2.82. The van der Waals surface area contributed by atoms with Crippen LogP contribution in [0.25, 0.3) is 0 Å². The van der Waals surface area contributed by atoms with Gasteiger partial charge < -0.3 is 16.0 Å². The molecule has 0 aliphatic heterocycles. The van der Waals surface area contributed by atoms with Crippen molar-refractivity contribution >= 4 is 47.0 Å². The maximum Gasteiger partial charge on any atom is 0.289 e. The summed E-state index contributed by atoms with van der Waals surface area (Å²) < 4.78 is 0. The molecule has 2 rings (SSSR count). The van der Waals surface area contributed by atoms with Crippen LogP contribution in [0.1, 0.15) is 20.7 Å². The topological polar surface area (TPSA) is 243 Å². The van der Waals surface area contributed by atoms with Gasteiger partial charge in [0.1, 0.15) is 11.1 Å². The molecule has 0 atom stereocenters. The Morgan fingerprint density at radius 3 is 1.28 bits per heavy atom. The number of carbonyl (C=O) groups excluding carboxylic acids is 2.